The van der Waals surface area contributed by atoms with Gasteiger partial charge in [0.2, 0.25) is 0 Å². The number of ether oxygens (including phenoxy) is 1. The molecule has 0 unspecified atom stereocenters. The van der Waals surface area contributed by atoms with E-state index in [2.05, 4.69) is 46.1 Å². The smallest absolute Gasteiger partial charge is 0.134 e. The first-order valence-electron chi connectivity index (χ1n) is 7.51. The van der Waals surface area contributed by atoms with Crippen LogP contribution in [0.25, 0.3) is 0 Å². The van der Waals surface area contributed by atoms with Crippen molar-refractivity contribution in [1.82, 2.24) is 4.90 Å². The van der Waals surface area contributed by atoms with Gasteiger partial charge in [-0.2, -0.15) is 0 Å². The summed E-state index contributed by atoms with van der Waals surface area (Å²) in [6, 6.07) is 6.37. The van der Waals surface area contributed by atoms with Gasteiger partial charge in [0.05, 0.1) is 4.47 Å². The maximum Gasteiger partial charge on any atom is 0.134 e. The zero-order chi connectivity index (χ0) is 14.2. The van der Waals surface area contributed by atoms with Crippen LogP contribution in [0.2, 0.25) is 0 Å². The summed E-state index contributed by atoms with van der Waals surface area (Å²) in [6.07, 6.45) is 6.29. The van der Waals surface area contributed by atoms with Crippen LogP contribution in [-0.2, 0) is 5.54 Å². The molecule has 3 rings (SSSR count). The van der Waals surface area contributed by atoms with Gasteiger partial charge in [0.25, 0.3) is 0 Å². The molecule has 0 amide bonds. The Balaban J connectivity index is 1.73. The highest BCUT2D eigenvalue weighted by Gasteiger charge is 2.30. The average molecular weight is 339 g/mol. The van der Waals surface area contributed by atoms with E-state index in [1.807, 2.05) is 0 Å². The fraction of sp³-hybridized carbons (Fsp3) is 0.625. The topological polar surface area (TPSA) is 38.5 Å². The molecule has 4 heteroatoms. The van der Waals surface area contributed by atoms with Gasteiger partial charge in [-0.05, 0) is 53.5 Å². The molecule has 1 aliphatic carbocycles. The second-order valence-electron chi connectivity index (χ2n) is 6.32. The van der Waals surface area contributed by atoms with Crippen molar-refractivity contribution in [3.05, 3.63) is 28.2 Å². The molecule has 1 heterocycles. The zero-order valence-electron chi connectivity index (χ0n) is 12.1. The predicted molar refractivity (Wildman–Crippen MR) is 85.0 cm³/mol. The van der Waals surface area contributed by atoms with E-state index in [9.17, 15) is 0 Å². The number of likely N-dealkylation sites (tertiary alicyclic amines) is 1. The molecule has 1 aromatic carbocycles. The molecule has 1 aliphatic heterocycles. The minimum absolute atomic E-state index is 0.143. The van der Waals surface area contributed by atoms with E-state index in [1.54, 1.807) is 0 Å². The van der Waals surface area contributed by atoms with Crippen LogP contribution >= 0.6 is 15.9 Å². The molecule has 2 N–H and O–H groups in total. The number of hydrogen-bond donors (Lipinski definition) is 1. The van der Waals surface area contributed by atoms with E-state index in [1.165, 1.54) is 24.8 Å². The van der Waals surface area contributed by atoms with Gasteiger partial charge in [-0.15, -0.1) is 0 Å². The van der Waals surface area contributed by atoms with E-state index in [-0.39, 0.29) is 5.54 Å². The van der Waals surface area contributed by atoms with Crippen molar-refractivity contribution in [2.45, 2.75) is 43.7 Å². The van der Waals surface area contributed by atoms with E-state index < -0.39 is 0 Å². The van der Waals surface area contributed by atoms with Crippen LogP contribution in [-0.4, -0.2) is 31.1 Å². The molecule has 0 aromatic heterocycles. The van der Waals surface area contributed by atoms with Crippen LogP contribution in [0.3, 0.4) is 0 Å². The molecule has 1 aromatic rings. The maximum absolute atomic E-state index is 6.59. The summed E-state index contributed by atoms with van der Waals surface area (Å²) in [6.45, 7) is 2.02. The minimum Gasteiger partial charge on any atom is -0.487 e. The van der Waals surface area contributed by atoms with Crippen molar-refractivity contribution in [3.8, 4) is 5.75 Å². The standard InChI is InChI=1S/C16H23BrN2O/c1-19-10-13(11-19)20-15-6-5-12(9-14(15)17)16(18)7-3-2-4-8-16/h5-6,9,13H,2-4,7-8,10-11,18H2,1H3. The van der Waals surface area contributed by atoms with Crippen molar-refractivity contribution in [2.75, 3.05) is 20.1 Å². The van der Waals surface area contributed by atoms with Gasteiger partial charge in [0.15, 0.2) is 0 Å². The van der Waals surface area contributed by atoms with E-state index in [4.69, 9.17) is 10.5 Å². The van der Waals surface area contributed by atoms with Crippen LogP contribution in [0.4, 0.5) is 0 Å². The summed E-state index contributed by atoms with van der Waals surface area (Å²) >= 11 is 3.64. The fourth-order valence-electron chi connectivity index (χ4n) is 3.27. The third-order valence-corrected chi connectivity index (χ3v) is 5.20. The molecule has 110 valence electrons. The second-order valence-corrected chi connectivity index (χ2v) is 7.18. The molecular weight excluding hydrogens is 316 g/mol. The normalized spacial score (nSPS) is 23.4. The largest absolute Gasteiger partial charge is 0.487 e. The Labute approximate surface area is 129 Å². The van der Waals surface area contributed by atoms with Gasteiger partial charge in [0, 0.05) is 18.6 Å². The first-order chi connectivity index (χ1) is 9.57. The summed E-state index contributed by atoms with van der Waals surface area (Å²) in [5.74, 6) is 0.936. The highest BCUT2D eigenvalue weighted by molar-refractivity contribution is 9.10. The Bertz CT molecular complexity index is 479. The highest BCUT2D eigenvalue weighted by Crippen LogP contribution is 2.38. The summed E-state index contributed by atoms with van der Waals surface area (Å²) in [7, 11) is 2.11. The van der Waals surface area contributed by atoms with Crippen molar-refractivity contribution < 1.29 is 4.74 Å². The van der Waals surface area contributed by atoms with Crippen LogP contribution in [0.5, 0.6) is 5.75 Å². The SMILES string of the molecule is CN1CC(Oc2ccc(C3(N)CCCCC3)cc2Br)C1. The lowest BCUT2D eigenvalue weighted by Crippen LogP contribution is -2.51. The Morgan fingerprint density at radius 1 is 1.25 bits per heavy atom. The molecular formula is C16H23BrN2O. The highest BCUT2D eigenvalue weighted by atomic mass is 79.9. The van der Waals surface area contributed by atoms with Gasteiger partial charge in [-0.25, -0.2) is 0 Å². The lowest BCUT2D eigenvalue weighted by Gasteiger charge is -2.37. The molecule has 3 nitrogen and oxygen atoms in total. The lowest BCUT2D eigenvalue weighted by molar-refractivity contribution is 0.0382. The zero-order valence-corrected chi connectivity index (χ0v) is 13.7. The first-order valence-corrected chi connectivity index (χ1v) is 8.30. The van der Waals surface area contributed by atoms with E-state index in [0.717, 1.165) is 36.2 Å². The van der Waals surface area contributed by atoms with Crippen LogP contribution in [0, 0.1) is 0 Å². The third-order valence-electron chi connectivity index (χ3n) is 4.58. The van der Waals surface area contributed by atoms with E-state index >= 15 is 0 Å². The summed E-state index contributed by atoms with van der Waals surface area (Å²) in [5.41, 5.74) is 7.68. The molecule has 0 radical (unpaired) electrons. The van der Waals surface area contributed by atoms with Crippen molar-refractivity contribution >= 4 is 15.9 Å². The Hall–Kier alpha value is -0.580. The first kappa shape index (κ1) is 14.4. The van der Waals surface area contributed by atoms with Gasteiger partial charge >= 0.3 is 0 Å². The molecule has 1 saturated heterocycles. The third kappa shape index (κ3) is 2.87. The lowest BCUT2D eigenvalue weighted by atomic mass is 9.77. The number of nitrogens with two attached hydrogens (primary N) is 1. The number of nitrogens with zero attached hydrogens (tertiary/aromatic N) is 1. The molecule has 20 heavy (non-hydrogen) atoms. The Kier molecular flexibility index (Phi) is 4.07. The quantitative estimate of drug-likeness (QED) is 0.919. The molecule has 0 bridgehead atoms. The molecule has 0 spiro atoms. The minimum atomic E-state index is -0.143. The van der Waals surface area contributed by atoms with Gasteiger partial charge in [0.1, 0.15) is 11.9 Å². The fourth-order valence-corrected chi connectivity index (χ4v) is 3.75. The Morgan fingerprint density at radius 3 is 2.55 bits per heavy atom. The molecule has 0 atom stereocenters. The van der Waals surface area contributed by atoms with Crippen molar-refractivity contribution in [3.63, 3.8) is 0 Å². The van der Waals surface area contributed by atoms with E-state index in [0.29, 0.717) is 6.10 Å². The summed E-state index contributed by atoms with van der Waals surface area (Å²) in [4.78, 5) is 2.25. The van der Waals surface area contributed by atoms with Gasteiger partial charge in [-0.3, -0.25) is 4.90 Å². The molecule has 2 aliphatic rings. The summed E-state index contributed by atoms with van der Waals surface area (Å²) in [5, 5.41) is 0. The van der Waals surface area contributed by atoms with Crippen LogP contribution in [0.15, 0.2) is 22.7 Å². The summed E-state index contributed by atoms with van der Waals surface area (Å²) < 4.78 is 7.03. The van der Waals surface area contributed by atoms with Crippen LogP contribution in [0.1, 0.15) is 37.7 Å². The number of rotatable bonds is 3. The number of hydrogen-bond acceptors (Lipinski definition) is 3. The van der Waals surface area contributed by atoms with Crippen LogP contribution < -0.4 is 10.5 Å². The van der Waals surface area contributed by atoms with Crippen molar-refractivity contribution in [2.24, 2.45) is 5.73 Å². The molecule has 2 fully saturated rings. The predicted octanol–water partition coefficient (Wildman–Crippen LogP) is 3.26. The van der Waals surface area contributed by atoms with Crippen molar-refractivity contribution in [1.29, 1.82) is 0 Å². The number of halogens is 1. The van der Waals surface area contributed by atoms with Gasteiger partial charge in [-0.1, -0.05) is 25.3 Å². The molecule has 1 saturated carbocycles. The second kappa shape index (κ2) is 5.66. The number of likely N-dealkylation sites (N-methyl/N-ethyl adjacent to an activating group) is 1. The maximum atomic E-state index is 6.59. The number of benzene rings is 1. The average Bonchev–Trinajstić information content (AvgIpc) is 2.40. The van der Waals surface area contributed by atoms with Gasteiger partial charge < -0.3 is 10.5 Å². The monoisotopic (exact) mass is 338 g/mol. The Morgan fingerprint density at radius 2 is 1.95 bits per heavy atom.